The minimum atomic E-state index is 0.196. The summed E-state index contributed by atoms with van der Waals surface area (Å²) in [5.74, 6) is 2.15. The number of nitrogen functional groups attached to an aromatic ring is 1. The van der Waals surface area contributed by atoms with Gasteiger partial charge in [-0.1, -0.05) is 0 Å². The number of benzene rings is 1. The third-order valence-electron chi connectivity index (χ3n) is 2.29. The van der Waals surface area contributed by atoms with E-state index in [2.05, 4.69) is 9.97 Å². The summed E-state index contributed by atoms with van der Waals surface area (Å²) in [5.41, 5.74) is 6.35. The highest BCUT2D eigenvalue weighted by atomic mass is 16.5. The first-order valence-electron chi connectivity index (χ1n) is 5.69. The predicted octanol–water partition coefficient (Wildman–Crippen LogP) is 2.56. The molecule has 2 N–H and O–H groups in total. The summed E-state index contributed by atoms with van der Waals surface area (Å²) in [4.78, 5) is 7.93. The van der Waals surface area contributed by atoms with Crippen molar-refractivity contribution in [1.29, 1.82) is 0 Å². The number of aryl methyl sites for hydroxylation is 1. The summed E-state index contributed by atoms with van der Waals surface area (Å²) in [5, 5.41) is 0. The van der Waals surface area contributed by atoms with E-state index in [1.165, 1.54) is 0 Å². The Morgan fingerprint density at radius 3 is 2.50 bits per heavy atom. The Bertz CT molecular complexity index is 526. The topological polar surface area (TPSA) is 70.3 Å². The highest BCUT2D eigenvalue weighted by Gasteiger charge is 2.05. The van der Waals surface area contributed by atoms with Crippen LogP contribution in [0, 0.1) is 6.92 Å². The van der Waals surface area contributed by atoms with Crippen molar-refractivity contribution >= 4 is 5.95 Å². The Morgan fingerprint density at radius 1 is 1.17 bits per heavy atom. The standard InChI is InChI=1S/C13H15N3O2/c1-3-17-10-4-6-11(7-5-10)18-12-9(2)8-15-13(14)16-12/h4-8H,3H2,1-2H3,(H2,14,15,16). The Hall–Kier alpha value is -2.30. The van der Waals surface area contributed by atoms with Gasteiger partial charge in [-0.2, -0.15) is 4.98 Å². The summed E-state index contributed by atoms with van der Waals surface area (Å²) >= 11 is 0. The lowest BCUT2D eigenvalue weighted by Crippen LogP contribution is -1.99. The summed E-state index contributed by atoms with van der Waals surface area (Å²) in [7, 11) is 0. The van der Waals surface area contributed by atoms with Crippen molar-refractivity contribution in [2.75, 3.05) is 12.3 Å². The lowest BCUT2D eigenvalue weighted by Gasteiger charge is -2.08. The molecule has 0 unspecified atom stereocenters. The van der Waals surface area contributed by atoms with Gasteiger partial charge in [-0.3, -0.25) is 0 Å². The molecule has 0 saturated heterocycles. The minimum absolute atomic E-state index is 0.196. The lowest BCUT2D eigenvalue weighted by molar-refractivity contribution is 0.339. The average Bonchev–Trinajstić information content (AvgIpc) is 2.37. The van der Waals surface area contributed by atoms with Crippen LogP contribution in [0.2, 0.25) is 0 Å². The van der Waals surface area contributed by atoms with Crippen LogP contribution in [-0.2, 0) is 0 Å². The Balaban J connectivity index is 2.15. The van der Waals surface area contributed by atoms with Gasteiger partial charge in [0.2, 0.25) is 11.8 Å². The highest BCUT2D eigenvalue weighted by Crippen LogP contribution is 2.24. The van der Waals surface area contributed by atoms with E-state index in [0.29, 0.717) is 18.2 Å². The molecule has 5 nitrogen and oxygen atoms in total. The van der Waals surface area contributed by atoms with Crippen LogP contribution in [-0.4, -0.2) is 16.6 Å². The van der Waals surface area contributed by atoms with E-state index >= 15 is 0 Å². The zero-order valence-electron chi connectivity index (χ0n) is 10.4. The molecule has 2 rings (SSSR count). The number of ether oxygens (including phenoxy) is 2. The fraction of sp³-hybridized carbons (Fsp3) is 0.231. The fourth-order valence-corrected chi connectivity index (χ4v) is 1.42. The van der Waals surface area contributed by atoms with Crippen LogP contribution < -0.4 is 15.2 Å². The minimum Gasteiger partial charge on any atom is -0.494 e. The van der Waals surface area contributed by atoms with E-state index in [1.54, 1.807) is 6.20 Å². The van der Waals surface area contributed by atoms with Crippen LogP contribution >= 0.6 is 0 Å². The first kappa shape index (κ1) is 12.2. The first-order valence-corrected chi connectivity index (χ1v) is 5.69. The second kappa shape index (κ2) is 5.35. The van der Waals surface area contributed by atoms with Gasteiger partial charge in [0.25, 0.3) is 0 Å². The largest absolute Gasteiger partial charge is 0.494 e. The third kappa shape index (κ3) is 2.88. The number of nitrogens with zero attached hydrogens (tertiary/aromatic N) is 2. The van der Waals surface area contributed by atoms with Gasteiger partial charge < -0.3 is 15.2 Å². The van der Waals surface area contributed by atoms with Crippen molar-refractivity contribution in [1.82, 2.24) is 9.97 Å². The zero-order valence-corrected chi connectivity index (χ0v) is 10.4. The summed E-state index contributed by atoms with van der Waals surface area (Å²) < 4.78 is 11.0. The maximum Gasteiger partial charge on any atom is 0.226 e. The van der Waals surface area contributed by atoms with Gasteiger partial charge in [-0.05, 0) is 38.1 Å². The molecular weight excluding hydrogens is 230 g/mol. The number of nitrogens with two attached hydrogens (primary N) is 1. The predicted molar refractivity (Wildman–Crippen MR) is 68.9 cm³/mol. The molecule has 0 saturated carbocycles. The van der Waals surface area contributed by atoms with Gasteiger partial charge in [0, 0.05) is 11.8 Å². The van der Waals surface area contributed by atoms with E-state index in [-0.39, 0.29) is 5.95 Å². The van der Waals surface area contributed by atoms with E-state index in [0.717, 1.165) is 11.3 Å². The monoisotopic (exact) mass is 245 g/mol. The smallest absolute Gasteiger partial charge is 0.226 e. The van der Waals surface area contributed by atoms with E-state index in [1.807, 2.05) is 38.1 Å². The van der Waals surface area contributed by atoms with Crippen LogP contribution in [0.3, 0.4) is 0 Å². The molecule has 0 spiro atoms. The molecule has 0 bridgehead atoms. The second-order valence-electron chi connectivity index (χ2n) is 3.72. The zero-order chi connectivity index (χ0) is 13.0. The van der Waals surface area contributed by atoms with Gasteiger partial charge in [0.1, 0.15) is 11.5 Å². The maximum absolute atomic E-state index is 5.64. The van der Waals surface area contributed by atoms with Gasteiger partial charge in [0.15, 0.2) is 0 Å². The molecule has 0 aliphatic carbocycles. The Morgan fingerprint density at radius 2 is 1.83 bits per heavy atom. The van der Waals surface area contributed by atoms with Crippen LogP contribution in [0.15, 0.2) is 30.5 Å². The van der Waals surface area contributed by atoms with Crippen molar-refractivity contribution in [3.63, 3.8) is 0 Å². The Kier molecular flexibility index (Phi) is 3.62. The van der Waals surface area contributed by atoms with Gasteiger partial charge in [-0.25, -0.2) is 4.98 Å². The Labute approximate surface area is 106 Å². The molecule has 1 aromatic heterocycles. The summed E-state index contributed by atoms with van der Waals surface area (Å²) in [6.45, 7) is 4.45. The van der Waals surface area contributed by atoms with E-state index in [9.17, 15) is 0 Å². The van der Waals surface area contributed by atoms with Gasteiger partial charge in [-0.15, -0.1) is 0 Å². The molecule has 2 aromatic rings. The normalized spacial score (nSPS) is 10.1. The molecule has 1 heterocycles. The van der Waals surface area contributed by atoms with Crippen molar-refractivity contribution in [2.45, 2.75) is 13.8 Å². The molecule has 5 heteroatoms. The maximum atomic E-state index is 5.64. The SMILES string of the molecule is CCOc1ccc(Oc2nc(N)ncc2C)cc1. The van der Waals surface area contributed by atoms with Crippen molar-refractivity contribution in [3.8, 4) is 17.4 Å². The summed E-state index contributed by atoms with van der Waals surface area (Å²) in [6, 6.07) is 7.34. The number of anilines is 1. The molecule has 0 fully saturated rings. The number of rotatable bonds is 4. The number of hydrogen-bond acceptors (Lipinski definition) is 5. The first-order chi connectivity index (χ1) is 8.69. The fourth-order valence-electron chi connectivity index (χ4n) is 1.42. The molecule has 1 aromatic carbocycles. The van der Waals surface area contributed by atoms with Crippen molar-refractivity contribution < 1.29 is 9.47 Å². The van der Waals surface area contributed by atoms with Crippen LogP contribution in [0.25, 0.3) is 0 Å². The van der Waals surface area contributed by atoms with Crippen molar-refractivity contribution in [3.05, 3.63) is 36.0 Å². The second-order valence-corrected chi connectivity index (χ2v) is 3.72. The van der Waals surface area contributed by atoms with Crippen molar-refractivity contribution in [2.24, 2.45) is 0 Å². The molecule has 0 aliphatic heterocycles. The molecule has 0 atom stereocenters. The molecule has 0 aliphatic rings. The molecule has 18 heavy (non-hydrogen) atoms. The third-order valence-corrected chi connectivity index (χ3v) is 2.29. The van der Waals surface area contributed by atoms with Crippen LogP contribution in [0.1, 0.15) is 12.5 Å². The number of aromatic nitrogens is 2. The molecule has 0 amide bonds. The van der Waals surface area contributed by atoms with Crippen LogP contribution in [0.4, 0.5) is 5.95 Å². The quantitative estimate of drug-likeness (QED) is 0.896. The molecule has 0 radical (unpaired) electrons. The average molecular weight is 245 g/mol. The number of hydrogen-bond donors (Lipinski definition) is 1. The molecular formula is C13H15N3O2. The van der Waals surface area contributed by atoms with Gasteiger partial charge in [0.05, 0.1) is 6.61 Å². The van der Waals surface area contributed by atoms with E-state index in [4.69, 9.17) is 15.2 Å². The van der Waals surface area contributed by atoms with Crippen LogP contribution in [0.5, 0.6) is 17.4 Å². The summed E-state index contributed by atoms with van der Waals surface area (Å²) in [6.07, 6.45) is 1.63. The lowest BCUT2D eigenvalue weighted by atomic mass is 10.3. The molecule has 94 valence electrons. The van der Waals surface area contributed by atoms with E-state index < -0.39 is 0 Å². The highest BCUT2D eigenvalue weighted by molar-refractivity contribution is 5.36. The van der Waals surface area contributed by atoms with Gasteiger partial charge >= 0.3 is 0 Å².